The largest absolute Gasteiger partial charge is 0.264 e. The van der Waals surface area contributed by atoms with E-state index >= 15 is 0 Å². The predicted octanol–water partition coefficient (Wildman–Crippen LogP) is 6.40. The van der Waals surface area contributed by atoms with Crippen LogP contribution < -0.4 is 0 Å². The molecule has 0 radical (unpaired) electrons. The zero-order chi connectivity index (χ0) is 16.7. The molecule has 0 spiro atoms. The number of fused-ring (bicyclic) bond motifs is 3. The SMILES string of the molecule is c1ccc(S2(c3ccccc3)c3ccccc3-c3ccncc32)cc1. The Labute approximate surface area is 149 Å². The zero-order valence-electron chi connectivity index (χ0n) is 13.7. The van der Waals surface area contributed by atoms with Gasteiger partial charge < -0.3 is 0 Å². The van der Waals surface area contributed by atoms with Gasteiger partial charge in [-0.25, -0.2) is 0 Å². The van der Waals surface area contributed by atoms with Crippen molar-refractivity contribution in [2.45, 2.75) is 19.6 Å². The maximum atomic E-state index is 4.51. The molecule has 1 nitrogen and oxygen atoms in total. The summed E-state index contributed by atoms with van der Waals surface area (Å²) in [5, 5.41) is 0. The average Bonchev–Trinajstić information content (AvgIpc) is 3.01. The highest BCUT2D eigenvalue weighted by Gasteiger charge is 2.41. The summed E-state index contributed by atoms with van der Waals surface area (Å²) in [5.74, 6) is 0. The molecule has 0 atom stereocenters. The van der Waals surface area contributed by atoms with Crippen LogP contribution in [0.2, 0.25) is 0 Å². The average molecular weight is 339 g/mol. The molecule has 0 fully saturated rings. The lowest BCUT2D eigenvalue weighted by molar-refractivity contribution is 1.22. The molecule has 1 aromatic heterocycles. The normalized spacial score (nSPS) is 15.2. The van der Waals surface area contributed by atoms with E-state index in [0.29, 0.717) is 0 Å². The van der Waals surface area contributed by atoms with Gasteiger partial charge in [-0.1, -0.05) is 54.6 Å². The number of nitrogens with zero attached hydrogens (tertiary/aromatic N) is 1. The Hall–Kier alpha value is -2.84. The summed E-state index contributed by atoms with van der Waals surface area (Å²) in [5.41, 5.74) is 2.65. The van der Waals surface area contributed by atoms with Gasteiger partial charge in [0.1, 0.15) is 0 Å². The third kappa shape index (κ3) is 1.95. The molecule has 4 aromatic rings. The Morgan fingerprint density at radius 1 is 0.520 bits per heavy atom. The number of rotatable bonds is 2. The zero-order valence-corrected chi connectivity index (χ0v) is 14.5. The maximum absolute atomic E-state index is 4.51. The smallest absolute Gasteiger partial charge is 0.0404 e. The van der Waals surface area contributed by atoms with Crippen molar-refractivity contribution in [1.29, 1.82) is 0 Å². The molecule has 0 N–H and O–H groups in total. The first-order valence-corrected chi connectivity index (χ1v) is 10.0. The molecule has 0 unspecified atom stereocenters. The van der Waals surface area contributed by atoms with Gasteiger partial charge in [0, 0.05) is 32.0 Å². The van der Waals surface area contributed by atoms with Gasteiger partial charge >= 0.3 is 0 Å². The molecule has 0 bridgehead atoms. The van der Waals surface area contributed by atoms with Crippen LogP contribution in [0.3, 0.4) is 0 Å². The van der Waals surface area contributed by atoms with Crippen molar-refractivity contribution in [3.63, 3.8) is 0 Å². The van der Waals surface area contributed by atoms with E-state index in [1.165, 1.54) is 30.7 Å². The molecule has 3 aromatic carbocycles. The number of pyridine rings is 1. The van der Waals surface area contributed by atoms with Gasteiger partial charge in [0.15, 0.2) is 0 Å². The summed E-state index contributed by atoms with van der Waals surface area (Å²) in [6.45, 7) is 0. The van der Waals surface area contributed by atoms with Crippen molar-refractivity contribution in [1.82, 2.24) is 4.98 Å². The van der Waals surface area contributed by atoms with Crippen molar-refractivity contribution in [3.8, 4) is 11.1 Å². The lowest BCUT2D eigenvalue weighted by Gasteiger charge is -2.38. The Morgan fingerprint density at radius 2 is 1.08 bits per heavy atom. The van der Waals surface area contributed by atoms with E-state index in [-0.39, 0.29) is 0 Å². The van der Waals surface area contributed by atoms with Gasteiger partial charge in [-0.2, -0.15) is 0 Å². The lowest BCUT2D eigenvalue weighted by atomic mass is 10.1. The molecular formula is C23H17NS. The van der Waals surface area contributed by atoms with Gasteiger partial charge in [-0.15, -0.1) is 10.0 Å². The highest BCUT2D eigenvalue weighted by molar-refractivity contribution is 8.34. The second-order valence-electron chi connectivity index (χ2n) is 6.11. The van der Waals surface area contributed by atoms with E-state index in [1.807, 2.05) is 6.20 Å². The Balaban J connectivity index is 1.98. The van der Waals surface area contributed by atoms with Crippen LogP contribution in [0.4, 0.5) is 0 Å². The molecule has 1 aliphatic heterocycles. The topological polar surface area (TPSA) is 12.9 Å². The lowest BCUT2D eigenvalue weighted by Crippen LogP contribution is -2.01. The molecule has 0 amide bonds. The van der Waals surface area contributed by atoms with Crippen LogP contribution in [0.5, 0.6) is 0 Å². The van der Waals surface area contributed by atoms with Gasteiger partial charge in [0.25, 0.3) is 0 Å². The van der Waals surface area contributed by atoms with Crippen molar-refractivity contribution in [2.24, 2.45) is 0 Å². The molecular weight excluding hydrogens is 322 g/mol. The molecule has 25 heavy (non-hydrogen) atoms. The number of benzene rings is 3. The minimum Gasteiger partial charge on any atom is -0.264 e. The summed E-state index contributed by atoms with van der Waals surface area (Å²) in [4.78, 5) is 9.98. The summed E-state index contributed by atoms with van der Waals surface area (Å²) >= 11 is 0. The third-order valence-corrected chi connectivity index (χ3v) is 8.77. The molecule has 1 aliphatic rings. The van der Waals surface area contributed by atoms with E-state index in [4.69, 9.17) is 0 Å². The van der Waals surface area contributed by atoms with Crippen LogP contribution in [0.15, 0.2) is 123 Å². The van der Waals surface area contributed by atoms with E-state index in [1.54, 1.807) is 0 Å². The van der Waals surface area contributed by atoms with Crippen molar-refractivity contribution in [3.05, 3.63) is 103 Å². The third-order valence-electron chi connectivity index (χ3n) is 4.82. The minimum absolute atomic E-state index is 1.31. The van der Waals surface area contributed by atoms with Crippen molar-refractivity contribution >= 4 is 10.0 Å². The van der Waals surface area contributed by atoms with Crippen molar-refractivity contribution in [2.75, 3.05) is 0 Å². The van der Waals surface area contributed by atoms with Gasteiger partial charge in [-0.3, -0.25) is 4.98 Å². The van der Waals surface area contributed by atoms with Gasteiger partial charge in [0.05, 0.1) is 0 Å². The minimum atomic E-state index is -1.50. The quantitative estimate of drug-likeness (QED) is 0.362. The van der Waals surface area contributed by atoms with E-state index < -0.39 is 10.0 Å². The standard InChI is InChI=1S/C23H17NS/c1-3-9-18(10-4-1)25(19-11-5-2-6-12-19)22-14-8-7-13-20(22)21-15-16-24-17-23(21)25/h1-17H. The fourth-order valence-electron chi connectivity index (χ4n) is 3.81. The summed E-state index contributed by atoms with van der Waals surface area (Å²) in [7, 11) is -1.50. The van der Waals surface area contributed by atoms with Gasteiger partial charge in [0.2, 0.25) is 0 Å². The first-order valence-electron chi connectivity index (χ1n) is 8.39. The molecule has 2 heterocycles. The number of hydrogen-bond donors (Lipinski definition) is 0. The van der Waals surface area contributed by atoms with Crippen LogP contribution in [-0.2, 0) is 0 Å². The highest BCUT2D eigenvalue weighted by atomic mass is 32.3. The fourth-order valence-corrected chi connectivity index (χ4v) is 7.99. The first kappa shape index (κ1) is 14.5. The second kappa shape index (κ2) is 5.61. The molecule has 0 aliphatic carbocycles. The Kier molecular flexibility index (Phi) is 3.25. The molecule has 120 valence electrons. The Morgan fingerprint density at radius 3 is 1.76 bits per heavy atom. The van der Waals surface area contributed by atoms with Crippen LogP contribution >= 0.6 is 10.0 Å². The van der Waals surface area contributed by atoms with Crippen LogP contribution in [0, 0.1) is 0 Å². The van der Waals surface area contributed by atoms with Crippen LogP contribution in [0.1, 0.15) is 0 Å². The maximum Gasteiger partial charge on any atom is 0.0404 e. The summed E-state index contributed by atoms with van der Waals surface area (Å²) < 4.78 is 0. The highest BCUT2D eigenvalue weighted by Crippen LogP contribution is 2.79. The summed E-state index contributed by atoms with van der Waals surface area (Å²) in [6, 6.07) is 32.8. The number of hydrogen-bond acceptors (Lipinski definition) is 1. The van der Waals surface area contributed by atoms with E-state index in [9.17, 15) is 0 Å². The molecule has 0 saturated carbocycles. The number of aromatic nitrogens is 1. The van der Waals surface area contributed by atoms with Crippen LogP contribution in [-0.4, -0.2) is 4.98 Å². The van der Waals surface area contributed by atoms with Crippen LogP contribution in [0.25, 0.3) is 11.1 Å². The second-order valence-corrected chi connectivity index (χ2v) is 9.15. The first-order chi connectivity index (χ1) is 12.4. The summed E-state index contributed by atoms with van der Waals surface area (Å²) in [6.07, 6.45) is 3.98. The molecule has 0 saturated heterocycles. The van der Waals surface area contributed by atoms with E-state index in [2.05, 4.69) is 102 Å². The van der Waals surface area contributed by atoms with Gasteiger partial charge in [-0.05, 0) is 47.5 Å². The van der Waals surface area contributed by atoms with Crippen molar-refractivity contribution < 1.29 is 0 Å². The van der Waals surface area contributed by atoms with E-state index in [0.717, 1.165) is 0 Å². The monoisotopic (exact) mass is 339 g/mol. The fraction of sp³-hybridized carbons (Fsp3) is 0. The Bertz CT molecular complexity index is 955. The molecule has 2 heteroatoms. The predicted molar refractivity (Wildman–Crippen MR) is 103 cm³/mol. The molecule has 5 rings (SSSR count).